The SMILES string of the molecule is CCC(C(=O)Nc1cc(C)on1)n1nc(C(=O)O)c2ccccc2c1=O. The molecule has 1 atom stereocenters. The molecule has 134 valence electrons. The monoisotopic (exact) mass is 356 g/mol. The van der Waals surface area contributed by atoms with Crippen molar-refractivity contribution in [3.05, 3.63) is 52.1 Å². The van der Waals surface area contributed by atoms with E-state index in [-0.39, 0.29) is 28.7 Å². The van der Waals surface area contributed by atoms with Gasteiger partial charge in [0.1, 0.15) is 11.8 Å². The van der Waals surface area contributed by atoms with Gasteiger partial charge in [0, 0.05) is 11.5 Å². The van der Waals surface area contributed by atoms with Gasteiger partial charge in [0.25, 0.3) is 11.5 Å². The first kappa shape index (κ1) is 17.3. The number of anilines is 1. The Labute approximate surface area is 147 Å². The van der Waals surface area contributed by atoms with E-state index in [2.05, 4.69) is 15.6 Å². The first-order valence-corrected chi connectivity index (χ1v) is 7.91. The predicted octanol–water partition coefficient (Wildman–Crippen LogP) is 1.98. The number of rotatable bonds is 5. The third-order valence-corrected chi connectivity index (χ3v) is 3.89. The van der Waals surface area contributed by atoms with Crippen LogP contribution in [0.2, 0.25) is 0 Å². The van der Waals surface area contributed by atoms with Crippen molar-refractivity contribution in [1.29, 1.82) is 0 Å². The average molecular weight is 356 g/mol. The van der Waals surface area contributed by atoms with Gasteiger partial charge >= 0.3 is 5.97 Å². The number of carbonyl (C=O) groups excluding carboxylic acids is 1. The van der Waals surface area contributed by atoms with E-state index in [9.17, 15) is 19.5 Å². The largest absolute Gasteiger partial charge is 0.476 e. The summed E-state index contributed by atoms with van der Waals surface area (Å²) in [6.45, 7) is 3.37. The molecule has 0 aliphatic rings. The molecule has 3 aromatic rings. The first-order chi connectivity index (χ1) is 12.4. The van der Waals surface area contributed by atoms with Gasteiger partial charge in [0.05, 0.1) is 5.39 Å². The van der Waals surface area contributed by atoms with Crippen molar-refractivity contribution in [1.82, 2.24) is 14.9 Å². The Morgan fingerprint density at radius 1 is 1.31 bits per heavy atom. The van der Waals surface area contributed by atoms with E-state index in [1.54, 1.807) is 26.0 Å². The zero-order valence-corrected chi connectivity index (χ0v) is 14.1. The highest BCUT2D eigenvalue weighted by Gasteiger charge is 2.25. The van der Waals surface area contributed by atoms with Gasteiger partial charge in [-0.1, -0.05) is 30.3 Å². The van der Waals surface area contributed by atoms with Crippen LogP contribution in [0.15, 0.2) is 39.6 Å². The number of benzene rings is 1. The number of nitrogens with one attached hydrogen (secondary N) is 1. The van der Waals surface area contributed by atoms with E-state index in [0.29, 0.717) is 5.76 Å². The van der Waals surface area contributed by atoms with Crippen LogP contribution in [-0.4, -0.2) is 31.9 Å². The standard InChI is InChI=1S/C17H16N4O5/c1-3-12(15(22)18-13-8-9(2)26-20-13)21-16(23)11-7-5-4-6-10(11)14(19-21)17(24)25/h4-8,12H,3H2,1-2H3,(H,24,25)(H,18,20,22). The highest BCUT2D eigenvalue weighted by Crippen LogP contribution is 2.18. The summed E-state index contributed by atoms with van der Waals surface area (Å²) in [7, 11) is 0. The quantitative estimate of drug-likeness (QED) is 0.715. The van der Waals surface area contributed by atoms with Crippen molar-refractivity contribution in [2.24, 2.45) is 0 Å². The third-order valence-electron chi connectivity index (χ3n) is 3.89. The number of aromatic nitrogens is 3. The summed E-state index contributed by atoms with van der Waals surface area (Å²) in [5.41, 5.74) is -0.826. The number of hydrogen-bond donors (Lipinski definition) is 2. The van der Waals surface area contributed by atoms with Crippen LogP contribution in [0.5, 0.6) is 0 Å². The van der Waals surface area contributed by atoms with Gasteiger partial charge in [-0.2, -0.15) is 5.10 Å². The number of carbonyl (C=O) groups is 2. The molecule has 0 saturated heterocycles. The van der Waals surface area contributed by atoms with Crippen LogP contribution in [0.25, 0.3) is 10.8 Å². The molecule has 3 rings (SSSR count). The Kier molecular flexibility index (Phi) is 4.53. The van der Waals surface area contributed by atoms with Crippen LogP contribution in [0, 0.1) is 6.92 Å². The molecule has 2 heterocycles. The van der Waals surface area contributed by atoms with E-state index in [1.807, 2.05) is 0 Å². The van der Waals surface area contributed by atoms with Crippen molar-refractivity contribution in [3.8, 4) is 0 Å². The second-order valence-corrected chi connectivity index (χ2v) is 5.69. The highest BCUT2D eigenvalue weighted by molar-refractivity contribution is 6.01. The van der Waals surface area contributed by atoms with Crippen LogP contribution in [0.3, 0.4) is 0 Å². The molecule has 2 aromatic heterocycles. The van der Waals surface area contributed by atoms with Crippen molar-refractivity contribution in [3.63, 3.8) is 0 Å². The van der Waals surface area contributed by atoms with E-state index < -0.39 is 23.5 Å². The van der Waals surface area contributed by atoms with Gasteiger partial charge in [-0.15, -0.1) is 0 Å². The number of carboxylic acid groups (broad SMARTS) is 1. The fraction of sp³-hybridized carbons (Fsp3) is 0.235. The molecular formula is C17H16N4O5. The molecule has 0 aliphatic carbocycles. The third kappa shape index (κ3) is 3.06. The molecule has 1 amide bonds. The summed E-state index contributed by atoms with van der Waals surface area (Å²) in [6, 6.07) is 6.80. The van der Waals surface area contributed by atoms with Crippen LogP contribution < -0.4 is 10.9 Å². The lowest BCUT2D eigenvalue weighted by Crippen LogP contribution is -2.36. The molecule has 0 aliphatic heterocycles. The Morgan fingerprint density at radius 2 is 2.00 bits per heavy atom. The fourth-order valence-corrected chi connectivity index (χ4v) is 2.68. The van der Waals surface area contributed by atoms with Gasteiger partial charge in [0.2, 0.25) is 0 Å². The second kappa shape index (κ2) is 6.79. The molecule has 0 saturated carbocycles. The van der Waals surface area contributed by atoms with Crippen molar-refractivity contribution < 1.29 is 19.2 Å². The number of fused-ring (bicyclic) bond motifs is 1. The maximum absolute atomic E-state index is 12.8. The summed E-state index contributed by atoms with van der Waals surface area (Å²) >= 11 is 0. The Hall–Kier alpha value is -3.49. The van der Waals surface area contributed by atoms with Crippen LogP contribution in [0.4, 0.5) is 5.82 Å². The topological polar surface area (TPSA) is 127 Å². The minimum absolute atomic E-state index is 0.184. The fourth-order valence-electron chi connectivity index (χ4n) is 2.68. The molecule has 26 heavy (non-hydrogen) atoms. The summed E-state index contributed by atoms with van der Waals surface area (Å²) in [5.74, 6) is -1.10. The van der Waals surface area contributed by atoms with Crippen LogP contribution in [0.1, 0.15) is 35.6 Å². The molecular weight excluding hydrogens is 340 g/mol. The Bertz CT molecular complexity index is 1050. The minimum atomic E-state index is -1.28. The smallest absolute Gasteiger partial charge is 0.357 e. The molecule has 0 radical (unpaired) electrons. The molecule has 9 heteroatoms. The number of aryl methyl sites for hydroxylation is 1. The minimum Gasteiger partial charge on any atom is -0.476 e. The molecule has 1 aromatic carbocycles. The summed E-state index contributed by atoms with van der Waals surface area (Å²) in [4.78, 5) is 36.9. The maximum atomic E-state index is 12.8. The number of nitrogens with zero attached hydrogens (tertiary/aromatic N) is 3. The lowest BCUT2D eigenvalue weighted by molar-refractivity contribution is -0.119. The van der Waals surface area contributed by atoms with Gasteiger partial charge < -0.3 is 14.9 Å². The van der Waals surface area contributed by atoms with Gasteiger partial charge in [-0.05, 0) is 19.4 Å². The second-order valence-electron chi connectivity index (χ2n) is 5.69. The van der Waals surface area contributed by atoms with E-state index >= 15 is 0 Å². The van der Waals surface area contributed by atoms with Gasteiger partial charge in [-0.3, -0.25) is 9.59 Å². The van der Waals surface area contributed by atoms with Gasteiger partial charge in [0.15, 0.2) is 11.5 Å². The van der Waals surface area contributed by atoms with Crippen molar-refractivity contribution in [2.45, 2.75) is 26.3 Å². The summed E-state index contributed by atoms with van der Waals surface area (Å²) in [6.07, 6.45) is 0.229. The average Bonchev–Trinajstić information content (AvgIpc) is 3.02. The molecule has 9 nitrogen and oxygen atoms in total. The predicted molar refractivity (Wildman–Crippen MR) is 92.2 cm³/mol. The number of aromatic carboxylic acids is 1. The number of carboxylic acids is 1. The van der Waals surface area contributed by atoms with Crippen molar-refractivity contribution >= 4 is 28.5 Å². The molecule has 0 spiro atoms. The molecule has 2 N–H and O–H groups in total. The maximum Gasteiger partial charge on any atom is 0.357 e. The van der Waals surface area contributed by atoms with Crippen LogP contribution >= 0.6 is 0 Å². The lowest BCUT2D eigenvalue weighted by atomic mass is 10.1. The zero-order valence-electron chi connectivity index (χ0n) is 14.1. The number of amides is 1. The normalized spacial score (nSPS) is 12.1. The van der Waals surface area contributed by atoms with E-state index in [1.165, 1.54) is 18.2 Å². The number of hydrogen-bond acceptors (Lipinski definition) is 6. The Morgan fingerprint density at radius 3 is 2.58 bits per heavy atom. The van der Waals surface area contributed by atoms with E-state index in [4.69, 9.17) is 4.52 Å². The zero-order chi connectivity index (χ0) is 18.8. The lowest BCUT2D eigenvalue weighted by Gasteiger charge is -2.17. The Balaban J connectivity index is 2.09. The molecule has 0 fully saturated rings. The summed E-state index contributed by atoms with van der Waals surface area (Å²) < 4.78 is 5.80. The summed E-state index contributed by atoms with van der Waals surface area (Å²) in [5, 5.41) is 20.0. The van der Waals surface area contributed by atoms with E-state index in [0.717, 1.165) is 4.68 Å². The van der Waals surface area contributed by atoms with Gasteiger partial charge in [-0.25, -0.2) is 9.48 Å². The highest BCUT2D eigenvalue weighted by atomic mass is 16.5. The molecule has 1 unspecified atom stereocenters. The first-order valence-electron chi connectivity index (χ1n) is 7.91. The van der Waals surface area contributed by atoms with Crippen LogP contribution in [-0.2, 0) is 4.79 Å². The van der Waals surface area contributed by atoms with Crippen molar-refractivity contribution in [2.75, 3.05) is 5.32 Å². The molecule has 0 bridgehead atoms.